The van der Waals surface area contributed by atoms with E-state index in [1.807, 2.05) is 0 Å². The molecule has 0 radical (unpaired) electrons. The molecular formula is C13H14N2O4. The van der Waals surface area contributed by atoms with Gasteiger partial charge in [-0.05, 0) is 18.2 Å². The highest BCUT2D eigenvalue weighted by Gasteiger charge is 2.17. The quantitative estimate of drug-likeness (QED) is 0.884. The minimum atomic E-state index is -0.984. The molecule has 0 fully saturated rings. The number of furan rings is 1. The molecule has 0 aliphatic rings. The second kappa shape index (κ2) is 5.43. The fourth-order valence-corrected chi connectivity index (χ4v) is 1.82. The number of aliphatic carboxylic acids is 1. The smallest absolute Gasteiger partial charge is 0.323 e. The number of hydrogen-bond acceptors (Lipinski definition) is 3. The Labute approximate surface area is 109 Å². The maximum absolute atomic E-state index is 12.2. The molecule has 0 aliphatic heterocycles. The zero-order valence-corrected chi connectivity index (χ0v) is 10.4. The molecular weight excluding hydrogens is 248 g/mol. The third-order valence-corrected chi connectivity index (χ3v) is 2.70. The Morgan fingerprint density at radius 2 is 2.21 bits per heavy atom. The van der Waals surface area contributed by atoms with Gasteiger partial charge < -0.3 is 19.0 Å². The molecule has 1 N–H and O–H groups in total. The van der Waals surface area contributed by atoms with E-state index in [0.29, 0.717) is 12.2 Å². The van der Waals surface area contributed by atoms with Crippen molar-refractivity contribution >= 4 is 11.9 Å². The lowest BCUT2D eigenvalue weighted by molar-refractivity contribution is -0.137. The second-order valence-electron chi connectivity index (χ2n) is 4.21. The number of carbonyl (C=O) groups excluding carboxylic acids is 1. The summed E-state index contributed by atoms with van der Waals surface area (Å²) in [5, 5.41) is 8.78. The molecule has 19 heavy (non-hydrogen) atoms. The zero-order chi connectivity index (χ0) is 13.8. The maximum Gasteiger partial charge on any atom is 0.323 e. The van der Waals surface area contributed by atoms with Crippen molar-refractivity contribution < 1.29 is 19.1 Å². The van der Waals surface area contributed by atoms with Crippen molar-refractivity contribution in [3.8, 4) is 0 Å². The number of amides is 1. The van der Waals surface area contributed by atoms with Crippen LogP contribution in [-0.2, 0) is 17.9 Å². The summed E-state index contributed by atoms with van der Waals surface area (Å²) in [4.78, 5) is 24.4. The fourth-order valence-electron chi connectivity index (χ4n) is 1.82. The van der Waals surface area contributed by atoms with Crippen molar-refractivity contribution in [3.63, 3.8) is 0 Å². The van der Waals surface area contributed by atoms with Gasteiger partial charge in [-0.25, -0.2) is 0 Å². The summed E-state index contributed by atoms with van der Waals surface area (Å²) >= 11 is 0. The molecule has 2 aromatic rings. The number of nitrogens with zero attached hydrogens (tertiary/aromatic N) is 2. The van der Waals surface area contributed by atoms with Gasteiger partial charge in [0.2, 0.25) is 0 Å². The van der Waals surface area contributed by atoms with E-state index < -0.39 is 5.97 Å². The zero-order valence-electron chi connectivity index (χ0n) is 10.4. The minimum absolute atomic E-state index is 0.229. The standard InChI is InChI=1S/C13H14N2O4/c1-14(7-10-4-6-19-9-10)13(18)11-3-2-5-15(11)8-12(16)17/h2-6,9H,7-8H2,1H3,(H,16,17). The Bertz CT molecular complexity index is 571. The third kappa shape index (κ3) is 3.04. The highest BCUT2D eigenvalue weighted by Crippen LogP contribution is 2.10. The van der Waals surface area contributed by atoms with Crippen LogP contribution in [0.5, 0.6) is 0 Å². The molecule has 0 bridgehead atoms. The van der Waals surface area contributed by atoms with Crippen molar-refractivity contribution in [3.05, 3.63) is 48.2 Å². The van der Waals surface area contributed by atoms with Crippen LogP contribution in [0, 0.1) is 0 Å². The van der Waals surface area contributed by atoms with E-state index in [9.17, 15) is 9.59 Å². The Balaban J connectivity index is 2.10. The normalized spacial score (nSPS) is 10.4. The number of carboxylic acids is 1. The van der Waals surface area contributed by atoms with Gasteiger partial charge in [-0.1, -0.05) is 0 Å². The lowest BCUT2D eigenvalue weighted by Crippen LogP contribution is -2.28. The van der Waals surface area contributed by atoms with Gasteiger partial charge >= 0.3 is 5.97 Å². The molecule has 0 unspecified atom stereocenters. The molecule has 0 atom stereocenters. The minimum Gasteiger partial charge on any atom is -0.480 e. The molecule has 2 aromatic heterocycles. The van der Waals surface area contributed by atoms with Crippen molar-refractivity contribution in [2.24, 2.45) is 0 Å². The van der Waals surface area contributed by atoms with Crippen LogP contribution in [0.4, 0.5) is 0 Å². The highest BCUT2D eigenvalue weighted by atomic mass is 16.4. The van der Waals surface area contributed by atoms with E-state index in [0.717, 1.165) is 5.56 Å². The summed E-state index contributed by atoms with van der Waals surface area (Å²) in [6.45, 7) is 0.182. The van der Waals surface area contributed by atoms with Crippen LogP contribution in [0.25, 0.3) is 0 Å². The summed E-state index contributed by atoms with van der Waals surface area (Å²) < 4.78 is 6.35. The SMILES string of the molecule is CN(Cc1ccoc1)C(=O)c1cccn1CC(=O)O. The highest BCUT2D eigenvalue weighted by molar-refractivity contribution is 5.93. The molecule has 0 aliphatic carbocycles. The fraction of sp³-hybridized carbons (Fsp3) is 0.231. The Morgan fingerprint density at radius 3 is 2.84 bits per heavy atom. The van der Waals surface area contributed by atoms with Crippen LogP contribution in [-0.4, -0.2) is 33.5 Å². The predicted octanol–water partition coefficient (Wildman–Crippen LogP) is 1.44. The van der Waals surface area contributed by atoms with Gasteiger partial charge in [-0.3, -0.25) is 9.59 Å². The van der Waals surface area contributed by atoms with E-state index in [2.05, 4.69) is 0 Å². The van der Waals surface area contributed by atoms with Crippen molar-refractivity contribution in [2.45, 2.75) is 13.1 Å². The molecule has 100 valence electrons. The monoisotopic (exact) mass is 262 g/mol. The average Bonchev–Trinajstić information content (AvgIpc) is 2.98. The predicted molar refractivity (Wildman–Crippen MR) is 66.6 cm³/mol. The van der Waals surface area contributed by atoms with Crippen LogP contribution in [0.15, 0.2) is 41.3 Å². The average molecular weight is 262 g/mol. The van der Waals surface area contributed by atoms with Gasteiger partial charge in [0, 0.05) is 25.4 Å². The molecule has 0 aromatic carbocycles. The number of carbonyl (C=O) groups is 2. The number of aromatic nitrogens is 1. The van der Waals surface area contributed by atoms with Gasteiger partial charge in [0.1, 0.15) is 12.2 Å². The van der Waals surface area contributed by atoms with E-state index in [4.69, 9.17) is 9.52 Å². The lowest BCUT2D eigenvalue weighted by atomic mass is 10.3. The van der Waals surface area contributed by atoms with E-state index >= 15 is 0 Å². The molecule has 6 nitrogen and oxygen atoms in total. The summed E-state index contributed by atoms with van der Waals surface area (Å²) in [6.07, 6.45) is 4.69. The van der Waals surface area contributed by atoms with Gasteiger partial charge in [-0.15, -0.1) is 0 Å². The van der Waals surface area contributed by atoms with Crippen LogP contribution < -0.4 is 0 Å². The largest absolute Gasteiger partial charge is 0.480 e. The van der Waals surface area contributed by atoms with Gasteiger partial charge in [-0.2, -0.15) is 0 Å². The summed E-state index contributed by atoms with van der Waals surface area (Å²) in [5.74, 6) is -1.21. The molecule has 2 heterocycles. The molecule has 0 spiro atoms. The van der Waals surface area contributed by atoms with Crippen molar-refractivity contribution in [2.75, 3.05) is 7.05 Å². The first kappa shape index (κ1) is 12.9. The van der Waals surface area contributed by atoms with Gasteiger partial charge in [0.05, 0.1) is 12.5 Å². The van der Waals surface area contributed by atoms with Crippen LogP contribution in [0.1, 0.15) is 16.1 Å². The van der Waals surface area contributed by atoms with Crippen LogP contribution in [0.2, 0.25) is 0 Å². The maximum atomic E-state index is 12.2. The first-order valence-corrected chi connectivity index (χ1v) is 5.71. The Hall–Kier alpha value is -2.50. The van der Waals surface area contributed by atoms with Gasteiger partial charge in [0.25, 0.3) is 5.91 Å². The molecule has 2 rings (SSSR count). The summed E-state index contributed by atoms with van der Waals surface area (Å²) in [5.41, 5.74) is 1.24. The first-order chi connectivity index (χ1) is 9.08. The molecule has 0 saturated heterocycles. The second-order valence-corrected chi connectivity index (χ2v) is 4.21. The Morgan fingerprint density at radius 1 is 1.42 bits per heavy atom. The van der Waals surface area contributed by atoms with Gasteiger partial charge in [0.15, 0.2) is 0 Å². The number of rotatable bonds is 5. The van der Waals surface area contributed by atoms with Crippen molar-refractivity contribution in [1.82, 2.24) is 9.47 Å². The van der Waals surface area contributed by atoms with E-state index in [-0.39, 0.29) is 12.5 Å². The topological polar surface area (TPSA) is 75.7 Å². The number of carboxylic acid groups (broad SMARTS) is 1. The first-order valence-electron chi connectivity index (χ1n) is 5.71. The van der Waals surface area contributed by atoms with E-state index in [1.54, 1.807) is 44.0 Å². The van der Waals surface area contributed by atoms with Crippen LogP contribution >= 0.6 is 0 Å². The molecule has 6 heteroatoms. The summed E-state index contributed by atoms with van der Waals surface area (Å²) in [7, 11) is 1.66. The lowest BCUT2D eigenvalue weighted by Gasteiger charge is -2.17. The molecule has 0 saturated carbocycles. The summed E-state index contributed by atoms with van der Waals surface area (Å²) in [6, 6.07) is 5.04. The Kier molecular flexibility index (Phi) is 3.70. The number of hydrogen-bond donors (Lipinski definition) is 1. The molecule has 1 amide bonds. The van der Waals surface area contributed by atoms with E-state index in [1.165, 1.54) is 9.47 Å². The van der Waals surface area contributed by atoms with Crippen LogP contribution in [0.3, 0.4) is 0 Å². The van der Waals surface area contributed by atoms with Crippen molar-refractivity contribution in [1.29, 1.82) is 0 Å². The third-order valence-electron chi connectivity index (χ3n) is 2.70.